The van der Waals surface area contributed by atoms with Crippen molar-refractivity contribution in [3.63, 3.8) is 0 Å². The van der Waals surface area contributed by atoms with E-state index in [1.807, 2.05) is 60.9 Å². The summed E-state index contributed by atoms with van der Waals surface area (Å²) in [7, 11) is 1.63. The zero-order valence-electron chi connectivity index (χ0n) is 24.2. The summed E-state index contributed by atoms with van der Waals surface area (Å²) in [4.78, 5) is 16.8. The van der Waals surface area contributed by atoms with Gasteiger partial charge in [-0.3, -0.25) is 4.79 Å². The van der Waals surface area contributed by atoms with Gasteiger partial charge in [0.15, 0.2) is 0 Å². The summed E-state index contributed by atoms with van der Waals surface area (Å²) in [6.07, 6.45) is 5.68. The topological polar surface area (TPSA) is 67.2 Å². The minimum absolute atomic E-state index is 0.109. The van der Waals surface area contributed by atoms with E-state index in [-0.39, 0.29) is 5.91 Å². The van der Waals surface area contributed by atoms with Crippen LogP contribution in [0.3, 0.4) is 0 Å². The fourth-order valence-corrected chi connectivity index (χ4v) is 6.06. The third kappa shape index (κ3) is 5.60. The van der Waals surface area contributed by atoms with Crippen LogP contribution < -0.4 is 5.32 Å². The molecule has 5 heteroatoms. The summed E-state index contributed by atoms with van der Waals surface area (Å²) >= 11 is 0. The Morgan fingerprint density at radius 2 is 1.35 bits per heavy atom. The van der Waals surface area contributed by atoms with Crippen LogP contribution in [0.4, 0.5) is 0 Å². The molecule has 1 unspecified atom stereocenters. The Morgan fingerprint density at radius 1 is 0.791 bits per heavy atom. The van der Waals surface area contributed by atoms with Crippen molar-refractivity contribution in [1.29, 1.82) is 0 Å². The number of carbonyl (C=O) groups is 1. The van der Waals surface area contributed by atoms with Crippen molar-refractivity contribution in [2.24, 2.45) is 0 Å². The molecule has 6 rings (SSSR count). The second-order valence-electron chi connectivity index (χ2n) is 10.9. The van der Waals surface area contributed by atoms with Gasteiger partial charge in [0.25, 0.3) is 5.91 Å². The summed E-state index contributed by atoms with van der Waals surface area (Å²) in [5.74, 6) is -0.109. The molecule has 0 aliphatic heterocycles. The van der Waals surface area contributed by atoms with Crippen molar-refractivity contribution in [1.82, 2.24) is 14.9 Å². The summed E-state index contributed by atoms with van der Waals surface area (Å²) < 4.78 is 2.23. The first kappa shape index (κ1) is 28.1. The molecule has 0 bridgehead atoms. The number of rotatable bonds is 10. The third-order valence-electron chi connectivity index (χ3n) is 8.25. The number of aliphatic hydroxyl groups excluding tert-OH is 1. The molecule has 1 amide bonds. The van der Waals surface area contributed by atoms with Gasteiger partial charge in [-0.2, -0.15) is 0 Å². The number of benzene rings is 5. The molecular formula is C38H35N3O2. The summed E-state index contributed by atoms with van der Waals surface area (Å²) in [5.41, 5.74) is 5.37. The van der Waals surface area contributed by atoms with Gasteiger partial charge < -0.3 is 15.0 Å². The highest BCUT2D eigenvalue weighted by Crippen LogP contribution is 2.40. The molecule has 2 N–H and O–H groups in total. The van der Waals surface area contributed by atoms with Crippen LogP contribution >= 0.6 is 0 Å². The normalized spacial score (nSPS) is 12.2. The van der Waals surface area contributed by atoms with E-state index < -0.39 is 11.6 Å². The van der Waals surface area contributed by atoms with Gasteiger partial charge in [-0.25, -0.2) is 4.98 Å². The number of aliphatic hydroxyl groups is 1. The number of nitrogens with one attached hydrogen (secondary N) is 1. The molecular weight excluding hydrogens is 530 g/mol. The number of aromatic nitrogens is 2. The first-order valence-corrected chi connectivity index (χ1v) is 14.7. The van der Waals surface area contributed by atoms with Gasteiger partial charge >= 0.3 is 0 Å². The number of imidazole rings is 1. The molecule has 0 aliphatic rings. The lowest BCUT2D eigenvalue weighted by atomic mass is 9.77. The van der Waals surface area contributed by atoms with Gasteiger partial charge in [-0.1, -0.05) is 109 Å². The Morgan fingerprint density at radius 3 is 1.93 bits per heavy atom. The molecule has 5 aromatic carbocycles. The van der Waals surface area contributed by atoms with Crippen LogP contribution in [0, 0.1) is 0 Å². The number of aryl methyl sites for hydroxylation is 1. The molecule has 6 aromatic rings. The van der Waals surface area contributed by atoms with Gasteiger partial charge in [0.2, 0.25) is 0 Å². The van der Waals surface area contributed by atoms with E-state index in [9.17, 15) is 9.90 Å². The zero-order chi connectivity index (χ0) is 29.6. The van der Waals surface area contributed by atoms with Gasteiger partial charge in [0.05, 0.1) is 18.1 Å². The molecule has 0 spiro atoms. The Labute approximate surface area is 252 Å². The van der Waals surface area contributed by atoms with E-state index in [2.05, 4.69) is 88.9 Å². The maximum atomic E-state index is 12.0. The van der Waals surface area contributed by atoms with Crippen molar-refractivity contribution in [2.45, 2.75) is 30.9 Å². The number of carbonyl (C=O) groups excluding carboxylic acids is 1. The summed E-state index contributed by atoms with van der Waals surface area (Å²) in [6, 6.07) is 43.3. The quantitative estimate of drug-likeness (QED) is 0.171. The average molecular weight is 566 g/mol. The van der Waals surface area contributed by atoms with Crippen LogP contribution in [0.15, 0.2) is 140 Å². The molecule has 5 nitrogen and oxygen atoms in total. The molecule has 0 saturated heterocycles. The fraction of sp³-hybridized carbons (Fsp3) is 0.158. The van der Waals surface area contributed by atoms with Crippen LogP contribution in [0.5, 0.6) is 0 Å². The monoisotopic (exact) mass is 565 g/mol. The molecule has 214 valence electrons. The Kier molecular flexibility index (Phi) is 8.16. The molecule has 0 aliphatic carbocycles. The van der Waals surface area contributed by atoms with Crippen molar-refractivity contribution in [3.05, 3.63) is 173 Å². The van der Waals surface area contributed by atoms with Crippen molar-refractivity contribution in [2.75, 3.05) is 7.05 Å². The second kappa shape index (κ2) is 12.5. The van der Waals surface area contributed by atoms with Gasteiger partial charge in [-0.15, -0.1) is 0 Å². The average Bonchev–Trinajstić information content (AvgIpc) is 3.54. The van der Waals surface area contributed by atoms with Crippen LogP contribution in [0.25, 0.3) is 10.8 Å². The van der Waals surface area contributed by atoms with Crippen LogP contribution in [-0.4, -0.2) is 27.6 Å². The smallest absolute Gasteiger partial charge is 0.251 e. The lowest BCUT2D eigenvalue weighted by molar-refractivity contribution is 0.0963. The van der Waals surface area contributed by atoms with Crippen molar-refractivity contribution in [3.8, 4) is 0 Å². The van der Waals surface area contributed by atoms with E-state index in [0.29, 0.717) is 12.0 Å². The highest BCUT2D eigenvalue weighted by Gasteiger charge is 2.38. The predicted molar refractivity (Wildman–Crippen MR) is 172 cm³/mol. The molecule has 43 heavy (non-hydrogen) atoms. The van der Waals surface area contributed by atoms with Crippen molar-refractivity contribution >= 4 is 16.7 Å². The molecule has 1 atom stereocenters. The highest BCUT2D eigenvalue weighted by atomic mass is 16.3. The van der Waals surface area contributed by atoms with Crippen LogP contribution in [0.2, 0.25) is 0 Å². The van der Waals surface area contributed by atoms with E-state index in [0.717, 1.165) is 51.6 Å². The van der Waals surface area contributed by atoms with Gasteiger partial charge in [-0.05, 0) is 70.5 Å². The Hall–Kier alpha value is -5.00. The number of amides is 1. The van der Waals surface area contributed by atoms with E-state index in [1.165, 1.54) is 0 Å². The standard InChI is InChI=1S/C38H35N3O2/c1-39-37(43)31-23-21-28-24-30(22-20-29(28)25-31)36(42)19-11-18-35-26-41(27-40-35)38(32-12-5-2-6-13-32,33-14-7-3-8-15-33)34-16-9-4-10-17-34/h2-10,12-17,20-27,36,42H,11,18-19H2,1H3,(H,39,43). The molecule has 0 radical (unpaired) electrons. The fourth-order valence-electron chi connectivity index (χ4n) is 6.06. The summed E-state index contributed by atoms with van der Waals surface area (Å²) in [5, 5.41) is 15.7. The number of nitrogens with zero attached hydrogens (tertiary/aromatic N) is 2. The number of fused-ring (bicyclic) bond motifs is 1. The van der Waals surface area contributed by atoms with Crippen molar-refractivity contribution < 1.29 is 9.90 Å². The SMILES string of the molecule is CNC(=O)c1ccc2cc(C(O)CCCc3cn(C(c4ccccc4)(c4ccccc4)c4ccccc4)cn3)ccc2c1. The largest absolute Gasteiger partial charge is 0.388 e. The lowest BCUT2D eigenvalue weighted by Gasteiger charge is -2.37. The third-order valence-corrected chi connectivity index (χ3v) is 8.25. The van der Waals surface area contributed by atoms with Gasteiger partial charge in [0, 0.05) is 18.8 Å². The van der Waals surface area contributed by atoms with E-state index >= 15 is 0 Å². The molecule has 1 aromatic heterocycles. The number of hydrogen-bond donors (Lipinski definition) is 2. The minimum atomic E-state index is -0.586. The molecule has 1 heterocycles. The maximum Gasteiger partial charge on any atom is 0.251 e. The summed E-state index contributed by atoms with van der Waals surface area (Å²) in [6.45, 7) is 0. The van der Waals surface area contributed by atoms with Crippen LogP contribution in [-0.2, 0) is 12.0 Å². The Balaban J connectivity index is 1.24. The Bertz CT molecular complexity index is 1720. The first-order valence-electron chi connectivity index (χ1n) is 14.7. The molecule has 0 saturated carbocycles. The van der Waals surface area contributed by atoms with Crippen LogP contribution in [0.1, 0.15) is 57.3 Å². The lowest BCUT2D eigenvalue weighted by Crippen LogP contribution is -2.36. The highest BCUT2D eigenvalue weighted by molar-refractivity contribution is 5.98. The first-order chi connectivity index (χ1) is 21.1. The van der Waals surface area contributed by atoms with E-state index in [1.54, 1.807) is 7.05 Å². The zero-order valence-corrected chi connectivity index (χ0v) is 24.2. The maximum absolute atomic E-state index is 12.0. The van der Waals surface area contributed by atoms with Gasteiger partial charge in [0.1, 0.15) is 5.54 Å². The minimum Gasteiger partial charge on any atom is -0.388 e. The number of hydrogen-bond acceptors (Lipinski definition) is 3. The predicted octanol–water partition coefficient (Wildman–Crippen LogP) is 7.29. The molecule has 0 fully saturated rings. The second-order valence-corrected chi connectivity index (χ2v) is 10.9. The van der Waals surface area contributed by atoms with E-state index in [4.69, 9.17) is 4.98 Å².